The van der Waals surface area contributed by atoms with Crippen molar-refractivity contribution < 1.29 is 14.6 Å². The molecule has 0 radical (unpaired) electrons. The van der Waals surface area contributed by atoms with Gasteiger partial charge in [0.15, 0.2) is 0 Å². The first kappa shape index (κ1) is 24.9. The summed E-state index contributed by atoms with van der Waals surface area (Å²) in [5.41, 5.74) is 4.16. The molecule has 4 aliphatic carbocycles. The molecule has 37 heavy (non-hydrogen) atoms. The molecule has 0 amide bonds. The summed E-state index contributed by atoms with van der Waals surface area (Å²) in [4.78, 5) is 13.4. The molecule has 0 spiro atoms. The summed E-state index contributed by atoms with van der Waals surface area (Å²) in [6.07, 6.45) is 9.54. The van der Waals surface area contributed by atoms with Crippen molar-refractivity contribution in [2.75, 3.05) is 7.11 Å². The van der Waals surface area contributed by atoms with E-state index in [-0.39, 0.29) is 22.2 Å². The first-order valence-electron chi connectivity index (χ1n) is 14.2. The molecule has 5 heteroatoms. The third-order valence-corrected chi connectivity index (χ3v) is 11.7. The first-order valence-corrected chi connectivity index (χ1v) is 14.2. The number of Topliss-reactive ketones (excluding diaryl/α,β-unsaturated/α-hetero) is 1. The summed E-state index contributed by atoms with van der Waals surface area (Å²) < 4.78 is 7.40. The van der Waals surface area contributed by atoms with Crippen molar-refractivity contribution in [2.45, 2.75) is 79.2 Å². The molecular weight excluding hydrogens is 460 g/mol. The zero-order valence-electron chi connectivity index (χ0n) is 23.3. The van der Waals surface area contributed by atoms with E-state index in [0.29, 0.717) is 30.0 Å². The second-order valence-electron chi connectivity index (χ2n) is 13.1. The highest BCUT2D eigenvalue weighted by Gasteiger charge is 2.68. The second-order valence-corrected chi connectivity index (χ2v) is 13.1. The van der Waals surface area contributed by atoms with Crippen molar-refractivity contribution in [1.29, 1.82) is 0 Å². The summed E-state index contributed by atoms with van der Waals surface area (Å²) >= 11 is 0. The molecule has 1 N–H and O–H groups in total. The van der Waals surface area contributed by atoms with Crippen LogP contribution in [-0.2, 0) is 11.2 Å². The number of benzene rings is 1. The molecule has 4 aliphatic rings. The maximum Gasteiger partial charge on any atom is 0.139 e. The van der Waals surface area contributed by atoms with Gasteiger partial charge in [0.2, 0.25) is 0 Å². The molecule has 2 aromatic rings. The minimum Gasteiger partial charge on any atom is -0.497 e. The number of carbonyl (C=O) groups is 1. The second kappa shape index (κ2) is 8.30. The lowest BCUT2D eigenvalue weighted by molar-refractivity contribution is -0.158. The van der Waals surface area contributed by atoms with Crippen LogP contribution in [0.5, 0.6) is 5.75 Å². The summed E-state index contributed by atoms with van der Waals surface area (Å²) in [5, 5.41) is 16.9. The zero-order chi connectivity index (χ0) is 26.3. The highest BCUT2D eigenvalue weighted by atomic mass is 16.5. The van der Waals surface area contributed by atoms with E-state index >= 15 is 0 Å². The normalized spacial score (nSPS) is 40.2. The van der Waals surface area contributed by atoms with Gasteiger partial charge >= 0.3 is 0 Å². The van der Waals surface area contributed by atoms with E-state index in [2.05, 4.69) is 46.0 Å². The predicted octanol–water partition coefficient (Wildman–Crippen LogP) is 6.27. The van der Waals surface area contributed by atoms with Crippen LogP contribution in [0.1, 0.15) is 78.0 Å². The van der Waals surface area contributed by atoms with Gasteiger partial charge in [0.1, 0.15) is 11.5 Å². The summed E-state index contributed by atoms with van der Waals surface area (Å²) in [6.45, 7) is 11.2. The molecular formula is C32H42N2O3. The third kappa shape index (κ3) is 3.25. The van der Waals surface area contributed by atoms with Crippen LogP contribution in [0.2, 0.25) is 0 Å². The Balaban J connectivity index is 1.36. The largest absolute Gasteiger partial charge is 0.497 e. The molecule has 0 unspecified atom stereocenters. The van der Waals surface area contributed by atoms with E-state index in [1.165, 1.54) is 11.1 Å². The van der Waals surface area contributed by atoms with Crippen molar-refractivity contribution in [3.63, 3.8) is 0 Å². The Kier molecular flexibility index (Phi) is 5.59. The molecule has 1 heterocycles. The van der Waals surface area contributed by atoms with Crippen LogP contribution in [0.3, 0.4) is 0 Å². The Labute approximate surface area is 221 Å². The van der Waals surface area contributed by atoms with Crippen molar-refractivity contribution in [3.8, 4) is 11.4 Å². The zero-order valence-corrected chi connectivity index (χ0v) is 23.3. The predicted molar refractivity (Wildman–Crippen MR) is 146 cm³/mol. The molecule has 198 valence electrons. The van der Waals surface area contributed by atoms with Gasteiger partial charge in [0, 0.05) is 24.1 Å². The van der Waals surface area contributed by atoms with E-state index in [9.17, 15) is 9.90 Å². The summed E-state index contributed by atoms with van der Waals surface area (Å²) in [5.74, 6) is 2.69. The van der Waals surface area contributed by atoms with Crippen molar-refractivity contribution in [2.24, 2.45) is 39.9 Å². The van der Waals surface area contributed by atoms with Gasteiger partial charge in [0.25, 0.3) is 0 Å². The molecule has 5 nitrogen and oxygen atoms in total. The number of fused-ring (bicyclic) bond motifs is 6. The number of hydrogen-bond acceptors (Lipinski definition) is 4. The molecule has 8 atom stereocenters. The van der Waals surface area contributed by atoms with E-state index < -0.39 is 6.10 Å². The maximum atomic E-state index is 13.4. The average molecular weight is 503 g/mol. The van der Waals surface area contributed by atoms with Gasteiger partial charge in [-0.3, -0.25) is 4.79 Å². The Morgan fingerprint density at radius 2 is 2.05 bits per heavy atom. The number of aliphatic hydroxyl groups is 1. The van der Waals surface area contributed by atoms with E-state index in [1.807, 2.05) is 29.8 Å². The minimum atomic E-state index is -0.399. The Bertz CT molecular complexity index is 1280. The van der Waals surface area contributed by atoms with Gasteiger partial charge in [-0.2, -0.15) is 5.10 Å². The van der Waals surface area contributed by atoms with Gasteiger partial charge in [-0.15, -0.1) is 0 Å². The fourth-order valence-electron chi connectivity index (χ4n) is 9.59. The van der Waals surface area contributed by atoms with E-state index in [4.69, 9.17) is 9.84 Å². The molecule has 1 aromatic carbocycles. The maximum absolute atomic E-state index is 13.4. The van der Waals surface area contributed by atoms with Crippen LogP contribution < -0.4 is 4.74 Å². The highest BCUT2D eigenvalue weighted by molar-refractivity contribution is 5.86. The summed E-state index contributed by atoms with van der Waals surface area (Å²) in [7, 11) is 1.69. The topological polar surface area (TPSA) is 64.4 Å². The van der Waals surface area contributed by atoms with Crippen molar-refractivity contribution in [3.05, 3.63) is 47.3 Å². The third-order valence-electron chi connectivity index (χ3n) is 11.7. The number of aliphatic hydroxyl groups excluding tert-OH is 1. The van der Waals surface area contributed by atoms with Crippen LogP contribution in [0, 0.1) is 39.9 Å². The number of rotatable bonds is 4. The Morgan fingerprint density at radius 1 is 1.27 bits per heavy atom. The number of allylic oxidation sites excluding steroid dienone is 1. The van der Waals surface area contributed by atoms with Gasteiger partial charge < -0.3 is 9.84 Å². The van der Waals surface area contributed by atoms with Gasteiger partial charge in [0.05, 0.1) is 24.6 Å². The van der Waals surface area contributed by atoms with Gasteiger partial charge in [-0.1, -0.05) is 46.3 Å². The van der Waals surface area contributed by atoms with E-state index in [0.717, 1.165) is 49.2 Å². The molecule has 0 aliphatic heterocycles. The lowest BCUT2D eigenvalue weighted by atomic mass is 9.44. The quantitative estimate of drug-likeness (QED) is 0.536. The van der Waals surface area contributed by atoms with Crippen LogP contribution in [0.4, 0.5) is 0 Å². The Hall–Kier alpha value is -2.40. The lowest BCUT2D eigenvalue weighted by Crippen LogP contribution is -2.59. The molecule has 3 fully saturated rings. The van der Waals surface area contributed by atoms with Crippen LogP contribution in [0.15, 0.2) is 36.0 Å². The monoisotopic (exact) mass is 502 g/mol. The fourth-order valence-corrected chi connectivity index (χ4v) is 9.59. The Morgan fingerprint density at radius 3 is 2.78 bits per heavy atom. The van der Waals surface area contributed by atoms with Crippen molar-refractivity contribution >= 4 is 11.9 Å². The highest BCUT2D eigenvalue weighted by Crippen LogP contribution is 2.71. The van der Waals surface area contributed by atoms with Crippen LogP contribution >= 0.6 is 0 Å². The SMILES string of the molecule is CCC(=O)[C@@]1(C)[C@H](C)C[C@H]2[C@@H]3CCC4=Cc5nn(-c6cccc(OC)c6)cc5C[C@]4(C)[C@H]3[C@@H](O)C[C@@]21C. The first-order chi connectivity index (χ1) is 17.6. The summed E-state index contributed by atoms with van der Waals surface area (Å²) in [6, 6.07) is 8.01. The molecule has 1 aromatic heterocycles. The van der Waals surface area contributed by atoms with Crippen LogP contribution in [-0.4, -0.2) is 33.9 Å². The van der Waals surface area contributed by atoms with E-state index in [1.54, 1.807) is 7.11 Å². The number of ether oxygens (including phenoxy) is 1. The molecule has 3 saturated carbocycles. The molecule has 6 rings (SSSR count). The fraction of sp³-hybridized carbons (Fsp3) is 0.625. The smallest absolute Gasteiger partial charge is 0.139 e. The number of carbonyl (C=O) groups excluding carboxylic acids is 1. The number of aromatic nitrogens is 2. The van der Waals surface area contributed by atoms with Crippen LogP contribution in [0.25, 0.3) is 11.8 Å². The molecule has 0 bridgehead atoms. The number of ketones is 1. The number of nitrogens with zero attached hydrogens (tertiary/aromatic N) is 2. The van der Waals surface area contributed by atoms with Crippen molar-refractivity contribution in [1.82, 2.24) is 9.78 Å². The van der Waals surface area contributed by atoms with Gasteiger partial charge in [-0.25, -0.2) is 4.68 Å². The lowest BCUT2D eigenvalue weighted by Gasteiger charge is -2.61. The number of hydrogen-bond donors (Lipinski definition) is 1. The number of methoxy groups -OCH3 is 1. The van der Waals surface area contributed by atoms with Gasteiger partial charge in [-0.05, 0) is 90.4 Å². The minimum absolute atomic E-state index is 0.0874. The standard InChI is InChI=1S/C32H42N2O3/c1-7-28(36)32(5)19(2)13-25-24-12-11-21-14-26-20(16-30(21,3)29(24)27(35)17-31(25,32)4)18-34(33-26)22-9-8-10-23(15-22)37-6/h8-10,14-15,18-19,24-25,27,29,35H,7,11-13,16-17H2,1-6H3/t19-,24+,25+,27+,29-,30+,31+,32-/m1/s1. The average Bonchev–Trinajstić information content (AvgIpc) is 3.37. The molecule has 0 saturated heterocycles.